The van der Waals surface area contributed by atoms with E-state index >= 15 is 0 Å². The molecule has 0 aromatic heterocycles. The zero-order chi connectivity index (χ0) is 13.3. The van der Waals surface area contributed by atoms with E-state index in [1.54, 1.807) is 19.1 Å². The van der Waals surface area contributed by atoms with Gasteiger partial charge in [-0.05, 0) is 54.8 Å². The zero-order valence-corrected chi connectivity index (χ0v) is 10.1. The molecule has 0 amide bonds. The summed E-state index contributed by atoms with van der Waals surface area (Å²) in [5.41, 5.74) is 1.82. The molecule has 1 nitrogen and oxygen atoms in total. The van der Waals surface area contributed by atoms with Gasteiger partial charge in [-0.3, -0.25) is 4.79 Å². The molecule has 2 aromatic carbocycles. The van der Waals surface area contributed by atoms with Gasteiger partial charge in [0.25, 0.3) is 0 Å². The van der Waals surface area contributed by atoms with Crippen molar-refractivity contribution < 1.29 is 13.6 Å². The SMILES string of the molecule is CC(=O)c1ccc(F)cc1-c1ccc(C)c(F)c1. The van der Waals surface area contributed by atoms with Crippen LogP contribution in [0.2, 0.25) is 0 Å². The molecule has 3 heteroatoms. The molecule has 0 spiro atoms. The lowest BCUT2D eigenvalue weighted by atomic mass is 9.96. The van der Waals surface area contributed by atoms with Crippen molar-refractivity contribution in [3.05, 3.63) is 59.2 Å². The Labute approximate surface area is 104 Å². The van der Waals surface area contributed by atoms with Crippen LogP contribution in [0.3, 0.4) is 0 Å². The number of carbonyl (C=O) groups excluding carboxylic acids is 1. The molecule has 18 heavy (non-hydrogen) atoms. The first kappa shape index (κ1) is 12.4. The minimum atomic E-state index is -0.448. The summed E-state index contributed by atoms with van der Waals surface area (Å²) in [6.07, 6.45) is 0. The fourth-order valence-corrected chi connectivity index (χ4v) is 1.82. The van der Waals surface area contributed by atoms with Crippen molar-refractivity contribution in [1.29, 1.82) is 0 Å². The molecule has 0 bridgehead atoms. The van der Waals surface area contributed by atoms with E-state index in [0.29, 0.717) is 22.3 Å². The van der Waals surface area contributed by atoms with Crippen LogP contribution in [0, 0.1) is 18.6 Å². The molecule has 0 fully saturated rings. The Morgan fingerprint density at radius 3 is 2.39 bits per heavy atom. The summed E-state index contributed by atoms with van der Waals surface area (Å²) in [6, 6.07) is 8.51. The van der Waals surface area contributed by atoms with Gasteiger partial charge in [-0.2, -0.15) is 0 Å². The standard InChI is InChI=1S/C15H12F2O/c1-9-3-4-11(7-15(9)17)14-8-12(16)5-6-13(14)10(2)18/h3-8H,1-2H3. The molecule has 0 aliphatic rings. The van der Waals surface area contributed by atoms with E-state index in [1.165, 1.54) is 31.2 Å². The molecule has 0 radical (unpaired) electrons. The van der Waals surface area contributed by atoms with E-state index in [1.807, 2.05) is 0 Å². The van der Waals surface area contributed by atoms with Crippen LogP contribution >= 0.6 is 0 Å². The van der Waals surface area contributed by atoms with Crippen LogP contribution in [-0.2, 0) is 0 Å². The van der Waals surface area contributed by atoms with Crippen molar-refractivity contribution >= 4 is 5.78 Å². The lowest BCUT2D eigenvalue weighted by Gasteiger charge is -2.08. The van der Waals surface area contributed by atoms with Crippen LogP contribution in [-0.4, -0.2) is 5.78 Å². The maximum Gasteiger partial charge on any atom is 0.160 e. The highest BCUT2D eigenvalue weighted by atomic mass is 19.1. The van der Waals surface area contributed by atoms with Gasteiger partial charge in [-0.15, -0.1) is 0 Å². The third kappa shape index (κ3) is 2.30. The molecule has 2 rings (SSSR count). The number of benzene rings is 2. The van der Waals surface area contributed by atoms with E-state index in [0.717, 1.165) is 0 Å². The molecule has 0 aliphatic heterocycles. The quantitative estimate of drug-likeness (QED) is 0.728. The Hall–Kier alpha value is -2.03. The number of halogens is 2. The molecule has 2 aromatic rings. The lowest BCUT2D eigenvalue weighted by molar-refractivity contribution is 0.101. The van der Waals surface area contributed by atoms with Crippen molar-refractivity contribution in [1.82, 2.24) is 0 Å². The van der Waals surface area contributed by atoms with Crippen molar-refractivity contribution in [2.75, 3.05) is 0 Å². The summed E-state index contributed by atoms with van der Waals surface area (Å²) < 4.78 is 26.8. The number of carbonyl (C=O) groups is 1. The molecule has 92 valence electrons. The Bertz CT molecular complexity index is 618. The molecular weight excluding hydrogens is 234 g/mol. The van der Waals surface area contributed by atoms with Crippen molar-refractivity contribution in [3.8, 4) is 11.1 Å². The summed E-state index contributed by atoms with van der Waals surface area (Å²) in [7, 11) is 0. The maximum absolute atomic E-state index is 13.5. The third-order valence-electron chi connectivity index (χ3n) is 2.84. The monoisotopic (exact) mass is 246 g/mol. The second kappa shape index (κ2) is 4.69. The summed E-state index contributed by atoms with van der Waals surface area (Å²) in [5.74, 6) is -0.992. The summed E-state index contributed by atoms with van der Waals surface area (Å²) >= 11 is 0. The molecule has 0 atom stereocenters. The Morgan fingerprint density at radius 1 is 1.06 bits per heavy atom. The van der Waals surface area contributed by atoms with Crippen LogP contribution in [0.25, 0.3) is 11.1 Å². The first-order valence-electron chi connectivity index (χ1n) is 5.56. The van der Waals surface area contributed by atoms with Crippen LogP contribution in [0.15, 0.2) is 36.4 Å². The highest BCUT2D eigenvalue weighted by Crippen LogP contribution is 2.26. The smallest absolute Gasteiger partial charge is 0.160 e. The number of hydrogen-bond acceptors (Lipinski definition) is 1. The summed E-state index contributed by atoms with van der Waals surface area (Å²) in [4.78, 5) is 11.5. The lowest BCUT2D eigenvalue weighted by Crippen LogP contribution is -1.97. The fourth-order valence-electron chi connectivity index (χ4n) is 1.82. The second-order valence-electron chi connectivity index (χ2n) is 4.21. The van der Waals surface area contributed by atoms with Gasteiger partial charge < -0.3 is 0 Å². The summed E-state index contributed by atoms with van der Waals surface area (Å²) in [6.45, 7) is 3.05. The molecule has 0 unspecified atom stereocenters. The second-order valence-corrected chi connectivity index (χ2v) is 4.21. The first-order valence-corrected chi connectivity index (χ1v) is 5.56. The first-order chi connectivity index (χ1) is 8.49. The Balaban J connectivity index is 2.65. The summed E-state index contributed by atoms with van der Waals surface area (Å²) in [5, 5.41) is 0. The number of hydrogen-bond donors (Lipinski definition) is 0. The maximum atomic E-state index is 13.5. The molecule has 0 saturated heterocycles. The van der Waals surface area contributed by atoms with Crippen molar-refractivity contribution in [3.63, 3.8) is 0 Å². The van der Waals surface area contributed by atoms with E-state index in [-0.39, 0.29) is 11.6 Å². The number of rotatable bonds is 2. The molecule has 0 heterocycles. The highest BCUT2D eigenvalue weighted by molar-refractivity contribution is 6.00. The van der Waals surface area contributed by atoms with Crippen LogP contribution in [0.4, 0.5) is 8.78 Å². The topological polar surface area (TPSA) is 17.1 Å². The van der Waals surface area contributed by atoms with Gasteiger partial charge in [0.1, 0.15) is 11.6 Å². The Morgan fingerprint density at radius 2 is 1.78 bits per heavy atom. The average molecular weight is 246 g/mol. The number of aryl methyl sites for hydroxylation is 1. The largest absolute Gasteiger partial charge is 0.294 e. The fraction of sp³-hybridized carbons (Fsp3) is 0.133. The van der Waals surface area contributed by atoms with Gasteiger partial charge in [0.05, 0.1) is 0 Å². The molecular formula is C15H12F2O. The number of Topliss-reactive ketones (excluding diaryl/α,β-unsaturated/α-hetero) is 1. The van der Waals surface area contributed by atoms with E-state index in [2.05, 4.69) is 0 Å². The minimum Gasteiger partial charge on any atom is -0.294 e. The minimum absolute atomic E-state index is 0.175. The van der Waals surface area contributed by atoms with Gasteiger partial charge in [-0.1, -0.05) is 12.1 Å². The van der Waals surface area contributed by atoms with Crippen LogP contribution in [0.5, 0.6) is 0 Å². The van der Waals surface area contributed by atoms with Crippen molar-refractivity contribution in [2.45, 2.75) is 13.8 Å². The van der Waals surface area contributed by atoms with E-state index < -0.39 is 5.82 Å². The zero-order valence-electron chi connectivity index (χ0n) is 10.1. The number of ketones is 1. The molecule has 0 saturated carbocycles. The van der Waals surface area contributed by atoms with Gasteiger partial charge in [0, 0.05) is 5.56 Å². The van der Waals surface area contributed by atoms with E-state index in [9.17, 15) is 13.6 Å². The highest BCUT2D eigenvalue weighted by Gasteiger charge is 2.11. The van der Waals surface area contributed by atoms with Crippen LogP contribution in [0.1, 0.15) is 22.8 Å². The predicted molar refractivity (Wildman–Crippen MR) is 66.5 cm³/mol. The van der Waals surface area contributed by atoms with Gasteiger partial charge in [0.15, 0.2) is 5.78 Å². The third-order valence-corrected chi connectivity index (χ3v) is 2.84. The van der Waals surface area contributed by atoms with Gasteiger partial charge in [-0.25, -0.2) is 8.78 Å². The molecule has 0 aliphatic carbocycles. The predicted octanol–water partition coefficient (Wildman–Crippen LogP) is 4.14. The van der Waals surface area contributed by atoms with Crippen LogP contribution < -0.4 is 0 Å². The normalized spacial score (nSPS) is 10.4. The van der Waals surface area contributed by atoms with Crippen molar-refractivity contribution in [2.24, 2.45) is 0 Å². The van der Waals surface area contributed by atoms with Gasteiger partial charge in [0.2, 0.25) is 0 Å². The molecule has 0 N–H and O–H groups in total. The van der Waals surface area contributed by atoms with E-state index in [4.69, 9.17) is 0 Å². The van der Waals surface area contributed by atoms with Gasteiger partial charge >= 0.3 is 0 Å². The Kier molecular flexibility index (Phi) is 3.24. The average Bonchev–Trinajstić information content (AvgIpc) is 2.32.